The Kier molecular flexibility index (Phi) is 4.61. The molecule has 2 aromatic heterocycles. The van der Waals surface area contributed by atoms with Gasteiger partial charge in [0.2, 0.25) is 0 Å². The molecule has 1 fully saturated rings. The van der Waals surface area contributed by atoms with Crippen LogP contribution in [0.4, 0.5) is 0 Å². The van der Waals surface area contributed by atoms with Gasteiger partial charge in [-0.1, -0.05) is 6.07 Å². The second-order valence-corrected chi connectivity index (χ2v) is 6.09. The van der Waals surface area contributed by atoms with Crippen LogP contribution in [0.2, 0.25) is 0 Å². The Bertz CT molecular complexity index is 560. The van der Waals surface area contributed by atoms with Crippen molar-refractivity contribution in [2.45, 2.75) is 32.7 Å². The predicted octanol–water partition coefficient (Wildman–Crippen LogP) is 3.24. The maximum Gasteiger partial charge on any atom is 0.0375 e. The summed E-state index contributed by atoms with van der Waals surface area (Å²) in [6.45, 7) is 5.50. The molecule has 0 atom stereocenters. The summed E-state index contributed by atoms with van der Waals surface area (Å²) in [6, 6.07) is 8.57. The number of nitrogens with zero attached hydrogens (tertiary/aromatic N) is 3. The van der Waals surface area contributed by atoms with Crippen molar-refractivity contribution >= 4 is 0 Å². The molecule has 0 spiro atoms. The minimum absolute atomic E-state index is 0.817. The van der Waals surface area contributed by atoms with Crippen LogP contribution in [0.5, 0.6) is 0 Å². The molecule has 3 nitrogen and oxygen atoms in total. The van der Waals surface area contributed by atoms with E-state index in [1.54, 1.807) is 0 Å². The summed E-state index contributed by atoms with van der Waals surface area (Å²) in [6.07, 6.45) is 9.54. The van der Waals surface area contributed by atoms with Gasteiger partial charge < -0.3 is 0 Å². The SMILES string of the molecule is Cc1cc(CC2CCN(Cc3cccnc3)CC2)ccn1. The fraction of sp³-hybridized carbons (Fsp3) is 0.444. The van der Waals surface area contributed by atoms with Crippen LogP contribution in [-0.4, -0.2) is 28.0 Å². The van der Waals surface area contributed by atoms with Gasteiger partial charge in [0.15, 0.2) is 0 Å². The van der Waals surface area contributed by atoms with Crippen LogP contribution in [0.25, 0.3) is 0 Å². The Hall–Kier alpha value is -1.74. The molecule has 0 radical (unpaired) electrons. The lowest BCUT2D eigenvalue weighted by Gasteiger charge is -2.32. The van der Waals surface area contributed by atoms with Crippen molar-refractivity contribution in [2.24, 2.45) is 5.92 Å². The smallest absolute Gasteiger partial charge is 0.0375 e. The first-order valence-corrected chi connectivity index (χ1v) is 7.82. The Morgan fingerprint density at radius 1 is 1.14 bits per heavy atom. The predicted molar refractivity (Wildman–Crippen MR) is 84.9 cm³/mol. The van der Waals surface area contributed by atoms with Gasteiger partial charge in [-0.3, -0.25) is 14.9 Å². The van der Waals surface area contributed by atoms with Crippen LogP contribution in [-0.2, 0) is 13.0 Å². The topological polar surface area (TPSA) is 29.0 Å². The monoisotopic (exact) mass is 281 g/mol. The van der Waals surface area contributed by atoms with E-state index in [0.29, 0.717) is 0 Å². The van der Waals surface area contributed by atoms with E-state index in [1.165, 1.54) is 43.5 Å². The summed E-state index contributed by atoms with van der Waals surface area (Å²) in [7, 11) is 0. The first-order chi connectivity index (χ1) is 10.3. The summed E-state index contributed by atoms with van der Waals surface area (Å²) < 4.78 is 0. The van der Waals surface area contributed by atoms with Gasteiger partial charge in [-0.15, -0.1) is 0 Å². The van der Waals surface area contributed by atoms with Crippen molar-refractivity contribution in [2.75, 3.05) is 13.1 Å². The number of aromatic nitrogens is 2. The van der Waals surface area contributed by atoms with Gasteiger partial charge in [0, 0.05) is 30.8 Å². The van der Waals surface area contributed by atoms with Gasteiger partial charge in [0.1, 0.15) is 0 Å². The van der Waals surface area contributed by atoms with E-state index >= 15 is 0 Å². The van der Waals surface area contributed by atoms with Crippen LogP contribution in [0.1, 0.15) is 29.7 Å². The molecule has 0 bridgehead atoms. The van der Waals surface area contributed by atoms with Gasteiger partial charge in [-0.05, 0) is 74.5 Å². The lowest BCUT2D eigenvalue weighted by molar-refractivity contribution is 0.177. The second kappa shape index (κ2) is 6.81. The molecule has 2 aromatic rings. The standard InChI is InChI=1S/C18H23N3/c1-15-11-17(4-8-20-15)12-16-5-9-21(10-6-16)14-18-3-2-7-19-13-18/h2-4,7-8,11,13,16H,5-6,9-10,12,14H2,1H3. The van der Waals surface area contributed by atoms with Crippen LogP contribution in [0.3, 0.4) is 0 Å². The average molecular weight is 281 g/mol. The molecule has 0 saturated carbocycles. The van der Waals surface area contributed by atoms with E-state index in [2.05, 4.69) is 40.0 Å². The van der Waals surface area contributed by atoms with E-state index in [1.807, 2.05) is 24.7 Å². The molecule has 3 rings (SSSR count). The lowest BCUT2D eigenvalue weighted by Crippen LogP contribution is -2.33. The van der Waals surface area contributed by atoms with Crippen LogP contribution >= 0.6 is 0 Å². The molecule has 0 unspecified atom stereocenters. The van der Waals surface area contributed by atoms with E-state index in [9.17, 15) is 0 Å². The number of likely N-dealkylation sites (tertiary alicyclic amines) is 1. The number of rotatable bonds is 4. The molecule has 110 valence electrons. The fourth-order valence-electron chi connectivity index (χ4n) is 3.16. The second-order valence-electron chi connectivity index (χ2n) is 6.09. The van der Waals surface area contributed by atoms with E-state index < -0.39 is 0 Å². The molecule has 1 aliphatic rings. The van der Waals surface area contributed by atoms with Crippen molar-refractivity contribution < 1.29 is 0 Å². The average Bonchev–Trinajstić information content (AvgIpc) is 2.50. The molecule has 3 heterocycles. The Morgan fingerprint density at radius 3 is 2.71 bits per heavy atom. The number of hydrogen-bond acceptors (Lipinski definition) is 3. The van der Waals surface area contributed by atoms with E-state index in [-0.39, 0.29) is 0 Å². The summed E-state index contributed by atoms with van der Waals surface area (Å²) >= 11 is 0. The van der Waals surface area contributed by atoms with Gasteiger partial charge in [0.05, 0.1) is 0 Å². The molecule has 0 aliphatic carbocycles. The van der Waals surface area contributed by atoms with Crippen LogP contribution < -0.4 is 0 Å². The van der Waals surface area contributed by atoms with Gasteiger partial charge in [0.25, 0.3) is 0 Å². The largest absolute Gasteiger partial charge is 0.299 e. The van der Waals surface area contributed by atoms with Crippen LogP contribution in [0.15, 0.2) is 42.9 Å². The first kappa shape index (κ1) is 14.2. The summed E-state index contributed by atoms with van der Waals surface area (Å²) in [5, 5.41) is 0. The Balaban J connectivity index is 1.49. The molecular weight excluding hydrogens is 258 g/mol. The molecule has 0 amide bonds. The third-order valence-electron chi connectivity index (χ3n) is 4.32. The highest BCUT2D eigenvalue weighted by molar-refractivity contribution is 5.16. The van der Waals surface area contributed by atoms with Gasteiger partial charge >= 0.3 is 0 Å². The molecular formula is C18H23N3. The maximum atomic E-state index is 4.28. The molecule has 1 aliphatic heterocycles. The Morgan fingerprint density at radius 2 is 2.00 bits per heavy atom. The number of piperidine rings is 1. The first-order valence-electron chi connectivity index (χ1n) is 7.82. The highest BCUT2D eigenvalue weighted by Gasteiger charge is 2.19. The number of aryl methyl sites for hydroxylation is 1. The minimum Gasteiger partial charge on any atom is -0.299 e. The highest BCUT2D eigenvalue weighted by Crippen LogP contribution is 2.22. The molecule has 0 N–H and O–H groups in total. The molecule has 21 heavy (non-hydrogen) atoms. The van der Waals surface area contributed by atoms with Crippen molar-refractivity contribution in [3.05, 3.63) is 59.7 Å². The quantitative estimate of drug-likeness (QED) is 0.861. The zero-order valence-electron chi connectivity index (χ0n) is 12.7. The van der Waals surface area contributed by atoms with Crippen molar-refractivity contribution in [3.8, 4) is 0 Å². The molecule has 0 aromatic carbocycles. The zero-order valence-corrected chi connectivity index (χ0v) is 12.7. The Labute approximate surface area is 127 Å². The number of hydrogen-bond donors (Lipinski definition) is 0. The fourth-order valence-corrected chi connectivity index (χ4v) is 3.16. The molecule has 3 heteroatoms. The highest BCUT2D eigenvalue weighted by atomic mass is 15.1. The van der Waals surface area contributed by atoms with Crippen molar-refractivity contribution in [3.63, 3.8) is 0 Å². The van der Waals surface area contributed by atoms with E-state index in [0.717, 1.165) is 18.2 Å². The van der Waals surface area contributed by atoms with Gasteiger partial charge in [-0.25, -0.2) is 0 Å². The summed E-state index contributed by atoms with van der Waals surface area (Å²) in [5.74, 6) is 0.817. The van der Waals surface area contributed by atoms with E-state index in [4.69, 9.17) is 0 Å². The summed E-state index contributed by atoms with van der Waals surface area (Å²) in [5.41, 5.74) is 3.88. The van der Waals surface area contributed by atoms with Crippen molar-refractivity contribution in [1.29, 1.82) is 0 Å². The lowest BCUT2D eigenvalue weighted by atomic mass is 9.90. The normalized spacial score (nSPS) is 17.0. The van der Waals surface area contributed by atoms with Crippen molar-refractivity contribution in [1.82, 2.24) is 14.9 Å². The van der Waals surface area contributed by atoms with Crippen LogP contribution in [0, 0.1) is 12.8 Å². The molecule has 1 saturated heterocycles. The third-order valence-corrected chi connectivity index (χ3v) is 4.32. The minimum atomic E-state index is 0.817. The third kappa shape index (κ3) is 4.11. The summed E-state index contributed by atoms with van der Waals surface area (Å²) in [4.78, 5) is 11.0. The van der Waals surface area contributed by atoms with Gasteiger partial charge in [-0.2, -0.15) is 0 Å². The zero-order chi connectivity index (χ0) is 14.5. The maximum absolute atomic E-state index is 4.28. The number of pyridine rings is 2.